The molecular weight excluding hydrogens is 347 g/mol. The number of hydrogen-bond acceptors (Lipinski definition) is 3. The lowest BCUT2D eigenvalue weighted by molar-refractivity contribution is -0.141. The van der Waals surface area contributed by atoms with Crippen molar-refractivity contribution in [2.45, 2.75) is 39.2 Å². The second-order valence-electron chi connectivity index (χ2n) is 7.41. The zero-order chi connectivity index (χ0) is 19.4. The molecule has 1 N–H and O–H groups in total. The number of hydrogen-bond donors (Lipinski definition) is 1. The van der Waals surface area contributed by atoms with E-state index >= 15 is 0 Å². The summed E-state index contributed by atoms with van der Waals surface area (Å²) >= 11 is 0. The van der Waals surface area contributed by atoms with Crippen molar-refractivity contribution in [1.29, 1.82) is 0 Å². The van der Waals surface area contributed by atoms with Crippen molar-refractivity contribution in [1.82, 2.24) is 0 Å². The Hall–Kier alpha value is -2.56. The average molecular weight is 372 g/mol. The van der Waals surface area contributed by atoms with Gasteiger partial charge in [-0.3, -0.25) is 4.79 Å². The quantitative estimate of drug-likeness (QED) is 0.734. The van der Waals surface area contributed by atoms with Crippen LogP contribution in [0.25, 0.3) is 0 Å². The number of carboxylic acids is 1. The smallest absolute Gasteiger partial charge is 0.306 e. The van der Waals surface area contributed by atoms with Crippen LogP contribution in [0.4, 0.5) is 4.39 Å². The van der Waals surface area contributed by atoms with E-state index in [1.54, 1.807) is 19.1 Å². The standard InChI is InChI=1S/C22H25FO4/c1-14-6-7-20(23)21(8-14)27-19-11-17(12-19)13-26-18-5-3-4-16(10-18)9-15(2)22(24)25/h3-8,10,15,17,19H,9,11-13H2,1-2H3,(H,24,25). The fourth-order valence-electron chi connectivity index (χ4n) is 3.20. The van der Waals surface area contributed by atoms with Crippen molar-refractivity contribution >= 4 is 5.97 Å². The summed E-state index contributed by atoms with van der Waals surface area (Å²) in [6.07, 6.45) is 2.18. The Bertz CT molecular complexity index is 799. The summed E-state index contributed by atoms with van der Waals surface area (Å²) in [6.45, 7) is 4.19. The van der Waals surface area contributed by atoms with Gasteiger partial charge in [0.05, 0.1) is 18.6 Å². The second-order valence-corrected chi connectivity index (χ2v) is 7.41. The first-order chi connectivity index (χ1) is 12.9. The van der Waals surface area contributed by atoms with Crippen LogP contribution in [0, 0.1) is 24.6 Å². The summed E-state index contributed by atoms with van der Waals surface area (Å²) in [5, 5.41) is 9.02. The van der Waals surface area contributed by atoms with Crippen molar-refractivity contribution in [3.63, 3.8) is 0 Å². The molecule has 0 saturated heterocycles. The number of aliphatic carboxylic acids is 1. The highest BCUT2D eigenvalue weighted by Crippen LogP contribution is 2.33. The SMILES string of the molecule is Cc1ccc(F)c(OC2CC(COc3cccc(CC(C)C(=O)O)c3)C2)c1. The van der Waals surface area contributed by atoms with E-state index in [1.807, 2.05) is 31.2 Å². The molecular formula is C22H25FO4. The van der Waals surface area contributed by atoms with Gasteiger partial charge in [0.2, 0.25) is 0 Å². The first kappa shape index (κ1) is 19.2. The van der Waals surface area contributed by atoms with Crippen LogP contribution < -0.4 is 9.47 Å². The van der Waals surface area contributed by atoms with Gasteiger partial charge in [-0.2, -0.15) is 0 Å². The third-order valence-electron chi connectivity index (χ3n) is 4.92. The normalized spacial score (nSPS) is 19.8. The molecule has 0 aliphatic heterocycles. The van der Waals surface area contributed by atoms with E-state index in [0.717, 1.165) is 29.7 Å². The van der Waals surface area contributed by atoms with Crippen LogP contribution in [0.15, 0.2) is 42.5 Å². The van der Waals surface area contributed by atoms with Gasteiger partial charge in [0.25, 0.3) is 0 Å². The molecule has 2 aromatic rings. The maximum absolute atomic E-state index is 13.7. The van der Waals surface area contributed by atoms with E-state index in [1.165, 1.54) is 6.07 Å². The Morgan fingerprint density at radius 1 is 1.26 bits per heavy atom. The number of ether oxygens (including phenoxy) is 2. The Labute approximate surface area is 158 Å². The molecule has 3 rings (SSSR count). The Kier molecular flexibility index (Phi) is 5.99. The molecule has 4 nitrogen and oxygen atoms in total. The highest BCUT2D eigenvalue weighted by Gasteiger charge is 2.32. The van der Waals surface area contributed by atoms with Gasteiger partial charge in [-0.25, -0.2) is 4.39 Å². The van der Waals surface area contributed by atoms with Crippen molar-refractivity contribution in [3.8, 4) is 11.5 Å². The molecule has 1 aliphatic carbocycles. The summed E-state index contributed by atoms with van der Waals surface area (Å²) in [4.78, 5) is 11.0. The fraction of sp³-hybridized carbons (Fsp3) is 0.409. The predicted molar refractivity (Wildman–Crippen MR) is 101 cm³/mol. The maximum Gasteiger partial charge on any atom is 0.306 e. The Balaban J connectivity index is 1.44. The number of carboxylic acid groups (broad SMARTS) is 1. The van der Waals surface area contributed by atoms with E-state index in [4.69, 9.17) is 14.6 Å². The number of aryl methyl sites for hydroxylation is 1. The molecule has 1 unspecified atom stereocenters. The molecule has 0 amide bonds. The summed E-state index contributed by atoms with van der Waals surface area (Å²) in [6, 6.07) is 12.5. The molecule has 1 fully saturated rings. The van der Waals surface area contributed by atoms with Gasteiger partial charge in [0, 0.05) is 0 Å². The highest BCUT2D eigenvalue weighted by atomic mass is 19.1. The second kappa shape index (κ2) is 8.42. The molecule has 0 spiro atoms. The third-order valence-corrected chi connectivity index (χ3v) is 4.92. The predicted octanol–water partition coefficient (Wildman–Crippen LogP) is 4.63. The van der Waals surface area contributed by atoms with Crippen molar-refractivity contribution in [2.24, 2.45) is 11.8 Å². The lowest BCUT2D eigenvalue weighted by Gasteiger charge is -2.35. The average Bonchev–Trinajstić information content (AvgIpc) is 2.60. The monoisotopic (exact) mass is 372 g/mol. The minimum absolute atomic E-state index is 0.0256. The largest absolute Gasteiger partial charge is 0.493 e. The van der Waals surface area contributed by atoms with E-state index in [-0.39, 0.29) is 11.9 Å². The number of halogens is 1. The summed E-state index contributed by atoms with van der Waals surface area (Å²) < 4.78 is 25.3. The van der Waals surface area contributed by atoms with Crippen LogP contribution in [0.5, 0.6) is 11.5 Å². The van der Waals surface area contributed by atoms with E-state index < -0.39 is 11.9 Å². The summed E-state index contributed by atoms with van der Waals surface area (Å²) in [5.41, 5.74) is 1.93. The van der Waals surface area contributed by atoms with Gasteiger partial charge in [0.15, 0.2) is 11.6 Å². The first-order valence-corrected chi connectivity index (χ1v) is 9.28. The van der Waals surface area contributed by atoms with Crippen molar-refractivity contribution < 1.29 is 23.8 Å². The fourth-order valence-corrected chi connectivity index (χ4v) is 3.20. The van der Waals surface area contributed by atoms with E-state index in [9.17, 15) is 9.18 Å². The van der Waals surface area contributed by atoms with Crippen LogP contribution in [0.2, 0.25) is 0 Å². The number of benzene rings is 2. The molecule has 0 heterocycles. The topological polar surface area (TPSA) is 55.8 Å². The molecule has 27 heavy (non-hydrogen) atoms. The molecule has 0 aromatic heterocycles. The zero-order valence-electron chi connectivity index (χ0n) is 15.7. The molecule has 144 valence electrons. The van der Waals surface area contributed by atoms with Gasteiger partial charge in [-0.15, -0.1) is 0 Å². The van der Waals surface area contributed by atoms with Crippen LogP contribution in [0.1, 0.15) is 30.9 Å². The molecule has 0 radical (unpaired) electrons. The van der Waals surface area contributed by atoms with Gasteiger partial charge in [-0.05, 0) is 67.5 Å². The minimum atomic E-state index is -0.799. The van der Waals surface area contributed by atoms with Gasteiger partial charge < -0.3 is 14.6 Å². The van der Waals surface area contributed by atoms with Gasteiger partial charge in [0.1, 0.15) is 5.75 Å². The molecule has 1 atom stereocenters. The molecule has 2 aromatic carbocycles. The maximum atomic E-state index is 13.7. The van der Waals surface area contributed by atoms with E-state index in [0.29, 0.717) is 24.7 Å². The third kappa shape index (κ3) is 5.22. The van der Waals surface area contributed by atoms with Crippen LogP contribution in [0.3, 0.4) is 0 Å². The van der Waals surface area contributed by atoms with E-state index in [2.05, 4.69) is 0 Å². The first-order valence-electron chi connectivity index (χ1n) is 9.28. The van der Waals surface area contributed by atoms with Crippen molar-refractivity contribution in [2.75, 3.05) is 6.61 Å². The Morgan fingerprint density at radius 2 is 2.04 bits per heavy atom. The van der Waals surface area contributed by atoms with Crippen LogP contribution >= 0.6 is 0 Å². The molecule has 0 bridgehead atoms. The summed E-state index contributed by atoms with van der Waals surface area (Å²) in [5.74, 6) is -0.102. The Morgan fingerprint density at radius 3 is 2.78 bits per heavy atom. The van der Waals surface area contributed by atoms with Crippen LogP contribution in [-0.2, 0) is 11.2 Å². The molecule has 1 aliphatic rings. The highest BCUT2D eigenvalue weighted by molar-refractivity contribution is 5.69. The zero-order valence-corrected chi connectivity index (χ0v) is 15.7. The van der Waals surface area contributed by atoms with Crippen LogP contribution in [-0.4, -0.2) is 23.8 Å². The van der Waals surface area contributed by atoms with Gasteiger partial charge >= 0.3 is 5.97 Å². The number of carbonyl (C=O) groups is 1. The summed E-state index contributed by atoms with van der Waals surface area (Å²) in [7, 11) is 0. The lowest BCUT2D eigenvalue weighted by atomic mass is 9.83. The minimum Gasteiger partial charge on any atom is -0.493 e. The van der Waals surface area contributed by atoms with Gasteiger partial charge in [-0.1, -0.05) is 25.1 Å². The lowest BCUT2D eigenvalue weighted by Crippen LogP contribution is -2.37. The molecule has 5 heteroatoms. The molecule has 1 saturated carbocycles. The number of rotatable bonds is 8. The van der Waals surface area contributed by atoms with Crippen molar-refractivity contribution in [3.05, 3.63) is 59.4 Å².